The lowest BCUT2D eigenvalue weighted by Gasteiger charge is -2.20. The van der Waals surface area contributed by atoms with Crippen LogP contribution in [-0.4, -0.2) is 44.5 Å². The van der Waals surface area contributed by atoms with Gasteiger partial charge in [-0.05, 0) is 31.4 Å². The van der Waals surface area contributed by atoms with Crippen molar-refractivity contribution in [2.75, 3.05) is 20.8 Å². The molecule has 1 atom stereocenters. The van der Waals surface area contributed by atoms with E-state index in [2.05, 4.69) is 5.32 Å². The zero-order chi connectivity index (χ0) is 17.5. The molecule has 0 radical (unpaired) electrons. The van der Waals surface area contributed by atoms with Gasteiger partial charge in [-0.2, -0.15) is 0 Å². The van der Waals surface area contributed by atoms with E-state index < -0.39 is 18.0 Å². The highest BCUT2D eigenvalue weighted by Crippen LogP contribution is 2.22. The van der Waals surface area contributed by atoms with Gasteiger partial charge in [-0.15, -0.1) is 0 Å². The smallest absolute Gasteiger partial charge is 0.326 e. The molecule has 0 aromatic heterocycles. The molecule has 1 aliphatic rings. The summed E-state index contributed by atoms with van der Waals surface area (Å²) < 4.78 is 15.3. The zero-order valence-corrected chi connectivity index (χ0v) is 13.8. The van der Waals surface area contributed by atoms with Crippen LogP contribution in [0.3, 0.4) is 0 Å². The number of rotatable bonds is 6. The molecule has 2 rings (SSSR count). The number of methoxy groups -OCH3 is 2. The molecule has 1 aromatic carbocycles. The molecule has 1 unspecified atom stereocenters. The van der Waals surface area contributed by atoms with Gasteiger partial charge in [0, 0.05) is 18.1 Å². The van der Waals surface area contributed by atoms with Crippen LogP contribution in [0.15, 0.2) is 18.2 Å². The number of esters is 1. The van der Waals surface area contributed by atoms with Crippen molar-refractivity contribution in [3.05, 3.63) is 23.8 Å². The Bertz CT molecular complexity index is 605. The second kappa shape index (κ2) is 8.33. The number of carbonyl (C=O) groups is 3. The number of benzene rings is 1. The highest BCUT2D eigenvalue weighted by Gasteiger charge is 2.25. The summed E-state index contributed by atoms with van der Waals surface area (Å²) in [6, 6.07) is 4.71. The number of hydrogen-bond acceptors (Lipinski definition) is 6. The molecule has 1 aromatic rings. The standard InChI is InChI=1S/C17H21NO6/c1-22-12-7-11(8-13(9-12)23-2)17(21)18-10-16(20)24-15-6-4-3-5-14(15)19/h7-9,15H,3-6,10H2,1-2H3,(H,18,21). The van der Waals surface area contributed by atoms with Crippen LogP contribution in [0.5, 0.6) is 11.5 Å². The third kappa shape index (κ3) is 4.71. The maximum Gasteiger partial charge on any atom is 0.326 e. The fourth-order valence-corrected chi connectivity index (χ4v) is 2.47. The summed E-state index contributed by atoms with van der Waals surface area (Å²) in [5, 5.41) is 2.47. The number of carbonyl (C=O) groups excluding carboxylic acids is 3. The predicted octanol–water partition coefficient (Wildman–Crippen LogP) is 1.49. The van der Waals surface area contributed by atoms with Crippen molar-refractivity contribution in [2.24, 2.45) is 0 Å². The minimum atomic E-state index is -0.680. The van der Waals surface area contributed by atoms with E-state index in [-0.39, 0.29) is 12.3 Å². The molecule has 1 aliphatic carbocycles. The van der Waals surface area contributed by atoms with E-state index in [0.29, 0.717) is 29.9 Å². The van der Waals surface area contributed by atoms with Gasteiger partial charge in [-0.25, -0.2) is 0 Å². The fraction of sp³-hybridized carbons (Fsp3) is 0.471. The molecule has 7 nitrogen and oxygen atoms in total. The van der Waals surface area contributed by atoms with Crippen molar-refractivity contribution < 1.29 is 28.6 Å². The highest BCUT2D eigenvalue weighted by molar-refractivity contribution is 5.97. The molecule has 0 heterocycles. The molecule has 1 N–H and O–H groups in total. The van der Waals surface area contributed by atoms with Gasteiger partial charge in [0.1, 0.15) is 18.0 Å². The van der Waals surface area contributed by atoms with Crippen LogP contribution in [-0.2, 0) is 14.3 Å². The Labute approximate surface area is 140 Å². The topological polar surface area (TPSA) is 90.9 Å². The number of hydrogen-bond donors (Lipinski definition) is 1. The predicted molar refractivity (Wildman–Crippen MR) is 85.2 cm³/mol. The first-order valence-electron chi connectivity index (χ1n) is 7.77. The van der Waals surface area contributed by atoms with Crippen molar-refractivity contribution in [1.82, 2.24) is 5.32 Å². The maximum absolute atomic E-state index is 12.1. The average Bonchev–Trinajstić information content (AvgIpc) is 2.61. The molecule has 0 aliphatic heterocycles. The normalized spacial score (nSPS) is 17.1. The fourth-order valence-electron chi connectivity index (χ4n) is 2.47. The van der Waals surface area contributed by atoms with Crippen molar-refractivity contribution in [1.29, 1.82) is 0 Å². The van der Waals surface area contributed by atoms with E-state index in [1.54, 1.807) is 6.07 Å². The summed E-state index contributed by atoms with van der Waals surface area (Å²) in [5.41, 5.74) is 0.299. The molecule has 1 saturated carbocycles. The van der Waals surface area contributed by atoms with Crippen molar-refractivity contribution >= 4 is 17.7 Å². The number of nitrogens with one attached hydrogen (secondary N) is 1. The van der Waals surface area contributed by atoms with Gasteiger partial charge in [0.15, 0.2) is 11.9 Å². The van der Waals surface area contributed by atoms with Crippen LogP contribution in [0.1, 0.15) is 36.0 Å². The van der Waals surface area contributed by atoms with Gasteiger partial charge in [0.05, 0.1) is 14.2 Å². The van der Waals surface area contributed by atoms with E-state index >= 15 is 0 Å². The third-order valence-electron chi connectivity index (χ3n) is 3.78. The van der Waals surface area contributed by atoms with Crippen molar-refractivity contribution in [2.45, 2.75) is 31.8 Å². The lowest BCUT2D eigenvalue weighted by Crippen LogP contribution is -2.36. The third-order valence-corrected chi connectivity index (χ3v) is 3.78. The second-order valence-corrected chi connectivity index (χ2v) is 5.47. The molecule has 130 valence electrons. The van der Waals surface area contributed by atoms with Gasteiger partial charge in [0.2, 0.25) is 0 Å². The molecule has 1 amide bonds. The first-order chi connectivity index (χ1) is 11.5. The molecule has 1 fully saturated rings. The van der Waals surface area contributed by atoms with Gasteiger partial charge in [0.25, 0.3) is 5.91 Å². The summed E-state index contributed by atoms with van der Waals surface area (Å²) in [5.74, 6) is -0.208. The van der Waals surface area contributed by atoms with E-state index in [0.717, 1.165) is 12.8 Å². The summed E-state index contributed by atoms with van der Waals surface area (Å²) in [7, 11) is 2.96. The lowest BCUT2D eigenvalue weighted by atomic mass is 9.96. The Morgan fingerprint density at radius 2 is 1.79 bits per heavy atom. The number of amides is 1. The van der Waals surface area contributed by atoms with Crippen LogP contribution < -0.4 is 14.8 Å². The van der Waals surface area contributed by atoms with Gasteiger partial charge in [-0.3, -0.25) is 14.4 Å². The summed E-state index contributed by atoms with van der Waals surface area (Å²) in [6.45, 7) is -0.303. The first-order valence-corrected chi connectivity index (χ1v) is 7.77. The second-order valence-electron chi connectivity index (χ2n) is 5.47. The average molecular weight is 335 g/mol. The summed E-state index contributed by atoms with van der Waals surface area (Å²) in [6.07, 6.45) is 2.00. The van der Waals surface area contributed by atoms with E-state index in [1.165, 1.54) is 26.4 Å². The molecular weight excluding hydrogens is 314 g/mol. The van der Waals surface area contributed by atoms with Gasteiger partial charge < -0.3 is 19.5 Å². The summed E-state index contributed by atoms with van der Waals surface area (Å²) in [4.78, 5) is 35.6. The highest BCUT2D eigenvalue weighted by atomic mass is 16.5. The van der Waals surface area contributed by atoms with Gasteiger partial charge >= 0.3 is 5.97 Å². The Morgan fingerprint density at radius 3 is 2.38 bits per heavy atom. The number of Topliss-reactive ketones (excluding diaryl/α,β-unsaturated/α-hetero) is 1. The monoisotopic (exact) mass is 335 g/mol. The Hall–Kier alpha value is -2.57. The Balaban J connectivity index is 1.90. The number of ketones is 1. The molecule has 7 heteroatoms. The SMILES string of the molecule is COc1cc(OC)cc(C(=O)NCC(=O)OC2CCCCC2=O)c1. The van der Waals surface area contributed by atoms with Crippen LogP contribution in [0.25, 0.3) is 0 Å². The van der Waals surface area contributed by atoms with Crippen LogP contribution in [0, 0.1) is 0 Å². The van der Waals surface area contributed by atoms with Crippen molar-refractivity contribution in [3.63, 3.8) is 0 Å². The van der Waals surface area contributed by atoms with Gasteiger partial charge in [-0.1, -0.05) is 0 Å². The quantitative estimate of drug-likeness (QED) is 0.792. The molecular formula is C17H21NO6. The Kier molecular flexibility index (Phi) is 6.17. The minimum Gasteiger partial charge on any atom is -0.497 e. The maximum atomic E-state index is 12.1. The summed E-state index contributed by atoms with van der Waals surface area (Å²) >= 11 is 0. The molecule has 0 bridgehead atoms. The molecule has 24 heavy (non-hydrogen) atoms. The first kappa shape index (κ1) is 17.8. The lowest BCUT2D eigenvalue weighted by molar-refractivity contribution is -0.155. The van der Waals surface area contributed by atoms with Crippen LogP contribution in [0.4, 0.5) is 0 Å². The Morgan fingerprint density at radius 1 is 1.12 bits per heavy atom. The van der Waals surface area contributed by atoms with Crippen molar-refractivity contribution in [3.8, 4) is 11.5 Å². The molecule has 0 saturated heterocycles. The van der Waals surface area contributed by atoms with Crippen LogP contribution in [0.2, 0.25) is 0 Å². The van der Waals surface area contributed by atoms with E-state index in [4.69, 9.17) is 14.2 Å². The molecule has 0 spiro atoms. The zero-order valence-electron chi connectivity index (χ0n) is 13.8. The van der Waals surface area contributed by atoms with Crippen LogP contribution >= 0.6 is 0 Å². The number of ether oxygens (including phenoxy) is 3. The minimum absolute atomic E-state index is 0.0570. The largest absolute Gasteiger partial charge is 0.497 e. The van der Waals surface area contributed by atoms with E-state index in [1.807, 2.05) is 0 Å². The van der Waals surface area contributed by atoms with E-state index in [9.17, 15) is 14.4 Å².